The average molecular weight is 314 g/mol. The van der Waals surface area contributed by atoms with Gasteiger partial charge in [0.25, 0.3) is 0 Å². The standard InChI is InChI=1S/C13H20BrN3O/c1-3-10-11(14)13(15-4-2)17-12(16-10)9-6-5-7-18-8-9/h9H,3-8H2,1-2H3,(H,15,16,17). The molecule has 4 nitrogen and oxygen atoms in total. The fourth-order valence-electron chi connectivity index (χ4n) is 2.16. The highest BCUT2D eigenvalue weighted by molar-refractivity contribution is 9.10. The summed E-state index contributed by atoms with van der Waals surface area (Å²) in [4.78, 5) is 9.32. The van der Waals surface area contributed by atoms with Crippen LogP contribution < -0.4 is 5.32 Å². The largest absolute Gasteiger partial charge is 0.381 e. The third-order valence-corrected chi connectivity index (χ3v) is 3.97. The molecule has 2 heterocycles. The summed E-state index contributed by atoms with van der Waals surface area (Å²) in [5.41, 5.74) is 1.07. The van der Waals surface area contributed by atoms with E-state index >= 15 is 0 Å². The third kappa shape index (κ3) is 3.01. The first-order valence-corrected chi connectivity index (χ1v) is 7.43. The molecule has 5 heteroatoms. The van der Waals surface area contributed by atoms with Crippen molar-refractivity contribution in [3.63, 3.8) is 0 Å². The molecule has 2 rings (SSSR count). The van der Waals surface area contributed by atoms with E-state index in [1.165, 1.54) is 0 Å². The van der Waals surface area contributed by atoms with E-state index in [1.54, 1.807) is 0 Å². The molecule has 1 aromatic heterocycles. The van der Waals surface area contributed by atoms with Gasteiger partial charge in [-0.2, -0.15) is 0 Å². The van der Waals surface area contributed by atoms with Crippen molar-refractivity contribution in [3.05, 3.63) is 16.0 Å². The minimum absolute atomic E-state index is 0.342. The normalized spacial score (nSPS) is 19.8. The summed E-state index contributed by atoms with van der Waals surface area (Å²) in [6.07, 6.45) is 3.13. The molecule has 1 aliphatic rings. The van der Waals surface area contributed by atoms with E-state index < -0.39 is 0 Å². The number of rotatable bonds is 4. The molecule has 100 valence electrons. The molecule has 0 radical (unpaired) electrons. The Hall–Kier alpha value is -0.680. The number of ether oxygens (including phenoxy) is 1. The quantitative estimate of drug-likeness (QED) is 0.927. The van der Waals surface area contributed by atoms with E-state index in [1.807, 2.05) is 0 Å². The topological polar surface area (TPSA) is 47.0 Å². The van der Waals surface area contributed by atoms with E-state index in [4.69, 9.17) is 4.74 Å². The van der Waals surface area contributed by atoms with Gasteiger partial charge in [-0.1, -0.05) is 6.92 Å². The molecule has 0 bridgehead atoms. The van der Waals surface area contributed by atoms with Crippen molar-refractivity contribution in [2.45, 2.75) is 39.0 Å². The molecular weight excluding hydrogens is 294 g/mol. The Morgan fingerprint density at radius 1 is 1.39 bits per heavy atom. The number of nitrogens with one attached hydrogen (secondary N) is 1. The van der Waals surface area contributed by atoms with E-state index in [0.717, 1.165) is 60.8 Å². The first kappa shape index (κ1) is 13.7. The van der Waals surface area contributed by atoms with Gasteiger partial charge in [0.1, 0.15) is 11.6 Å². The maximum absolute atomic E-state index is 5.53. The lowest BCUT2D eigenvalue weighted by Gasteiger charge is -2.22. The molecule has 1 aromatic rings. The van der Waals surface area contributed by atoms with Crippen molar-refractivity contribution < 1.29 is 4.74 Å². The predicted octanol–water partition coefficient (Wildman–Crippen LogP) is 3.13. The van der Waals surface area contributed by atoms with Gasteiger partial charge in [-0.15, -0.1) is 0 Å². The van der Waals surface area contributed by atoms with Gasteiger partial charge in [0, 0.05) is 19.1 Å². The Labute approximate surface area is 117 Å². The van der Waals surface area contributed by atoms with Gasteiger partial charge in [0.2, 0.25) is 0 Å². The monoisotopic (exact) mass is 313 g/mol. The summed E-state index contributed by atoms with van der Waals surface area (Å²) in [6.45, 7) is 6.66. The van der Waals surface area contributed by atoms with Crippen LogP contribution in [0.5, 0.6) is 0 Å². The maximum atomic E-state index is 5.53. The summed E-state index contributed by atoms with van der Waals surface area (Å²) in [5, 5.41) is 3.29. The number of hydrogen-bond donors (Lipinski definition) is 1. The third-order valence-electron chi connectivity index (χ3n) is 3.14. The summed E-state index contributed by atoms with van der Waals surface area (Å²) >= 11 is 3.58. The molecule has 0 saturated carbocycles. The molecule has 0 spiro atoms. The van der Waals surface area contributed by atoms with Crippen molar-refractivity contribution in [1.29, 1.82) is 0 Å². The zero-order chi connectivity index (χ0) is 13.0. The highest BCUT2D eigenvalue weighted by Crippen LogP contribution is 2.29. The van der Waals surface area contributed by atoms with Crippen LogP contribution in [0, 0.1) is 0 Å². The second-order valence-corrected chi connectivity index (χ2v) is 5.28. The Morgan fingerprint density at radius 2 is 2.22 bits per heavy atom. The number of aromatic nitrogens is 2. The van der Waals surface area contributed by atoms with Crippen molar-refractivity contribution in [1.82, 2.24) is 9.97 Å². The lowest BCUT2D eigenvalue weighted by molar-refractivity contribution is 0.0780. The summed E-state index contributed by atoms with van der Waals surface area (Å²) in [5.74, 6) is 2.17. The van der Waals surface area contributed by atoms with Gasteiger partial charge in [-0.3, -0.25) is 0 Å². The second-order valence-electron chi connectivity index (χ2n) is 4.49. The molecule has 1 fully saturated rings. The molecule has 1 aliphatic heterocycles. The predicted molar refractivity (Wildman–Crippen MR) is 76.1 cm³/mol. The molecule has 1 N–H and O–H groups in total. The molecule has 1 atom stereocenters. The smallest absolute Gasteiger partial charge is 0.144 e. The van der Waals surface area contributed by atoms with Crippen LogP contribution in [0.25, 0.3) is 0 Å². The SMILES string of the molecule is CCNc1nc(C2CCCOC2)nc(CC)c1Br. The maximum Gasteiger partial charge on any atom is 0.144 e. The Balaban J connectivity index is 2.31. The van der Waals surface area contributed by atoms with E-state index in [0.29, 0.717) is 5.92 Å². The first-order chi connectivity index (χ1) is 8.76. The molecular formula is C13H20BrN3O. The lowest BCUT2D eigenvalue weighted by Crippen LogP contribution is -2.19. The molecule has 18 heavy (non-hydrogen) atoms. The zero-order valence-corrected chi connectivity index (χ0v) is 12.6. The van der Waals surface area contributed by atoms with Crippen LogP contribution in [-0.4, -0.2) is 29.7 Å². The summed E-state index contributed by atoms with van der Waals surface area (Å²) in [7, 11) is 0. The number of aryl methyl sites for hydroxylation is 1. The van der Waals surface area contributed by atoms with Gasteiger partial charge >= 0.3 is 0 Å². The van der Waals surface area contributed by atoms with Crippen LogP contribution >= 0.6 is 15.9 Å². The Kier molecular flexibility index (Phi) is 4.95. The number of anilines is 1. The number of halogens is 1. The molecule has 0 amide bonds. The zero-order valence-electron chi connectivity index (χ0n) is 11.0. The average Bonchev–Trinajstić information content (AvgIpc) is 2.42. The van der Waals surface area contributed by atoms with Gasteiger partial charge in [-0.25, -0.2) is 9.97 Å². The molecule has 1 saturated heterocycles. The fraction of sp³-hybridized carbons (Fsp3) is 0.692. The van der Waals surface area contributed by atoms with Crippen LogP contribution in [-0.2, 0) is 11.2 Å². The minimum atomic E-state index is 0.342. The van der Waals surface area contributed by atoms with E-state index in [-0.39, 0.29) is 0 Å². The fourth-order valence-corrected chi connectivity index (χ4v) is 2.76. The first-order valence-electron chi connectivity index (χ1n) is 6.64. The molecule has 0 aromatic carbocycles. The van der Waals surface area contributed by atoms with Gasteiger partial charge in [-0.05, 0) is 42.1 Å². The molecule has 0 aliphatic carbocycles. The van der Waals surface area contributed by atoms with E-state index in [9.17, 15) is 0 Å². The number of hydrogen-bond acceptors (Lipinski definition) is 4. The van der Waals surface area contributed by atoms with Crippen LogP contribution in [0.15, 0.2) is 4.47 Å². The van der Waals surface area contributed by atoms with E-state index in [2.05, 4.69) is 45.1 Å². The number of nitrogens with zero attached hydrogens (tertiary/aromatic N) is 2. The van der Waals surface area contributed by atoms with Crippen LogP contribution in [0.1, 0.15) is 44.1 Å². The van der Waals surface area contributed by atoms with Gasteiger partial charge in [0.05, 0.1) is 16.8 Å². The van der Waals surface area contributed by atoms with Gasteiger partial charge < -0.3 is 10.1 Å². The van der Waals surface area contributed by atoms with Gasteiger partial charge in [0.15, 0.2) is 0 Å². The minimum Gasteiger partial charge on any atom is -0.381 e. The van der Waals surface area contributed by atoms with Crippen LogP contribution in [0.4, 0.5) is 5.82 Å². The van der Waals surface area contributed by atoms with Crippen molar-refractivity contribution in [2.75, 3.05) is 25.1 Å². The highest BCUT2D eigenvalue weighted by atomic mass is 79.9. The second kappa shape index (κ2) is 6.48. The highest BCUT2D eigenvalue weighted by Gasteiger charge is 2.21. The van der Waals surface area contributed by atoms with Crippen molar-refractivity contribution in [2.24, 2.45) is 0 Å². The Bertz CT molecular complexity index is 405. The summed E-state index contributed by atoms with van der Waals surface area (Å²) in [6, 6.07) is 0. The lowest BCUT2D eigenvalue weighted by atomic mass is 10.0. The van der Waals surface area contributed by atoms with Crippen LogP contribution in [0.3, 0.4) is 0 Å². The molecule has 1 unspecified atom stereocenters. The van der Waals surface area contributed by atoms with Crippen molar-refractivity contribution >= 4 is 21.7 Å². The summed E-state index contributed by atoms with van der Waals surface area (Å²) < 4.78 is 6.52. The van der Waals surface area contributed by atoms with Crippen molar-refractivity contribution in [3.8, 4) is 0 Å². The van der Waals surface area contributed by atoms with Crippen LogP contribution in [0.2, 0.25) is 0 Å². The Morgan fingerprint density at radius 3 is 2.83 bits per heavy atom.